The highest BCUT2D eigenvalue weighted by atomic mass is 35.5. The maximum atomic E-state index is 12.8. The summed E-state index contributed by atoms with van der Waals surface area (Å²) in [4.78, 5) is 12.6. The first kappa shape index (κ1) is 13.9. The van der Waals surface area contributed by atoms with Gasteiger partial charge in [0, 0.05) is 9.90 Å². The van der Waals surface area contributed by atoms with Gasteiger partial charge in [-0.2, -0.15) is 0 Å². The van der Waals surface area contributed by atoms with Gasteiger partial charge in [0.25, 0.3) is 0 Å². The normalized spacial score (nSPS) is 40.3. The Morgan fingerprint density at radius 2 is 1.71 bits per heavy atom. The molecular weight excluding hydrogens is 307 g/mol. The van der Waals surface area contributed by atoms with Gasteiger partial charge in [0.1, 0.15) is 5.75 Å². The van der Waals surface area contributed by atoms with E-state index < -0.39 is 0 Å². The van der Waals surface area contributed by atoms with Crippen LogP contribution in [0.5, 0.6) is 5.75 Å². The molecule has 4 aliphatic rings. The van der Waals surface area contributed by atoms with Crippen molar-refractivity contribution < 1.29 is 9.53 Å². The number of carbonyl (C=O) groups excluding carboxylic acids is 1. The molecule has 1 aromatic rings. The van der Waals surface area contributed by atoms with Gasteiger partial charge in [0.05, 0.1) is 5.41 Å². The second-order valence-corrected chi connectivity index (χ2v) is 8.47. The molecular formula is C17H18Cl2O2. The van der Waals surface area contributed by atoms with Crippen molar-refractivity contribution in [3.05, 3.63) is 29.3 Å². The minimum atomic E-state index is -0.356. The van der Waals surface area contributed by atoms with Crippen molar-refractivity contribution >= 4 is 29.2 Å². The van der Waals surface area contributed by atoms with Crippen LogP contribution in [0.15, 0.2) is 24.3 Å². The van der Waals surface area contributed by atoms with E-state index in [9.17, 15) is 4.79 Å². The minimum Gasteiger partial charge on any atom is -0.426 e. The maximum Gasteiger partial charge on any atom is 0.317 e. The highest BCUT2D eigenvalue weighted by molar-refractivity contribution is 6.30. The van der Waals surface area contributed by atoms with Crippen molar-refractivity contribution in [1.29, 1.82) is 0 Å². The summed E-state index contributed by atoms with van der Waals surface area (Å²) in [6, 6.07) is 6.98. The third-order valence-electron chi connectivity index (χ3n) is 5.45. The lowest BCUT2D eigenvalue weighted by molar-refractivity contribution is -0.159. The van der Waals surface area contributed by atoms with Gasteiger partial charge in [0.2, 0.25) is 0 Å². The summed E-state index contributed by atoms with van der Waals surface area (Å²) >= 11 is 12.6. The standard InChI is InChI=1S/C17H18Cl2O2/c18-13-1-3-14(4-2-13)21-15(20)16-6-11-5-12(7-16)9-17(19,8-11)10-16/h1-4,11-12H,5-10H2/t11-,12+,16?,17?. The zero-order valence-corrected chi connectivity index (χ0v) is 13.3. The molecule has 4 heteroatoms. The van der Waals surface area contributed by atoms with Crippen LogP contribution in [-0.2, 0) is 4.79 Å². The third-order valence-corrected chi connectivity index (χ3v) is 6.14. The van der Waals surface area contributed by atoms with E-state index in [2.05, 4.69) is 0 Å². The number of benzene rings is 1. The molecule has 0 N–H and O–H groups in total. The van der Waals surface area contributed by atoms with Gasteiger partial charge in [-0.15, -0.1) is 11.6 Å². The smallest absolute Gasteiger partial charge is 0.317 e. The Balaban J connectivity index is 1.57. The Bertz CT molecular complexity index is 567. The molecule has 0 spiro atoms. The van der Waals surface area contributed by atoms with E-state index in [0.717, 1.165) is 32.1 Å². The lowest BCUT2D eigenvalue weighted by atomic mass is 9.49. The molecule has 2 nitrogen and oxygen atoms in total. The second kappa shape index (κ2) is 4.63. The highest BCUT2D eigenvalue weighted by Crippen LogP contribution is 2.64. The van der Waals surface area contributed by atoms with Gasteiger partial charge in [-0.25, -0.2) is 0 Å². The topological polar surface area (TPSA) is 26.3 Å². The summed E-state index contributed by atoms with van der Waals surface area (Å²) in [6.07, 6.45) is 6.06. The molecule has 0 aromatic heterocycles. The minimum absolute atomic E-state index is 0.0936. The molecule has 5 rings (SSSR count). The quantitative estimate of drug-likeness (QED) is 0.442. The lowest BCUT2D eigenvalue weighted by Gasteiger charge is -2.58. The number of hydrogen-bond donors (Lipinski definition) is 0. The Kier molecular flexibility index (Phi) is 3.07. The zero-order valence-electron chi connectivity index (χ0n) is 11.8. The first-order valence-corrected chi connectivity index (χ1v) is 8.39. The van der Waals surface area contributed by atoms with E-state index in [1.165, 1.54) is 6.42 Å². The van der Waals surface area contributed by atoms with E-state index in [4.69, 9.17) is 27.9 Å². The summed E-state index contributed by atoms with van der Waals surface area (Å²) in [5.41, 5.74) is -0.356. The molecule has 0 aliphatic heterocycles. The average molecular weight is 325 g/mol. The fourth-order valence-corrected chi connectivity index (χ4v) is 5.93. The Morgan fingerprint density at radius 1 is 1.10 bits per heavy atom. The molecule has 4 bridgehead atoms. The maximum absolute atomic E-state index is 12.8. The average Bonchev–Trinajstić information content (AvgIpc) is 2.38. The largest absolute Gasteiger partial charge is 0.426 e. The predicted molar refractivity (Wildman–Crippen MR) is 82.8 cm³/mol. The Labute approximate surface area is 134 Å². The number of alkyl halides is 1. The van der Waals surface area contributed by atoms with Gasteiger partial charge in [-0.05, 0) is 74.6 Å². The van der Waals surface area contributed by atoms with Gasteiger partial charge < -0.3 is 4.74 Å². The van der Waals surface area contributed by atoms with Crippen molar-refractivity contribution in [3.8, 4) is 5.75 Å². The van der Waals surface area contributed by atoms with Crippen LogP contribution in [-0.4, -0.2) is 10.8 Å². The third kappa shape index (κ3) is 2.37. The molecule has 0 saturated heterocycles. The summed E-state index contributed by atoms with van der Waals surface area (Å²) in [6.45, 7) is 0. The fourth-order valence-electron chi connectivity index (χ4n) is 5.11. The summed E-state index contributed by atoms with van der Waals surface area (Å²) in [5.74, 6) is 1.68. The van der Waals surface area contributed by atoms with E-state index in [1.807, 2.05) is 0 Å². The lowest BCUT2D eigenvalue weighted by Crippen LogP contribution is -2.56. The van der Waals surface area contributed by atoms with E-state index in [1.54, 1.807) is 24.3 Å². The molecule has 4 atom stereocenters. The van der Waals surface area contributed by atoms with E-state index >= 15 is 0 Å². The molecule has 1 aromatic carbocycles. The van der Waals surface area contributed by atoms with Crippen LogP contribution in [0.1, 0.15) is 38.5 Å². The number of rotatable bonds is 2. The zero-order chi connectivity index (χ0) is 14.7. The molecule has 4 saturated carbocycles. The Hall–Kier alpha value is -0.730. The van der Waals surface area contributed by atoms with Crippen LogP contribution in [0, 0.1) is 17.3 Å². The van der Waals surface area contributed by atoms with E-state index in [0.29, 0.717) is 22.6 Å². The molecule has 0 radical (unpaired) electrons. The molecule has 0 heterocycles. The van der Waals surface area contributed by atoms with Crippen molar-refractivity contribution in [2.75, 3.05) is 0 Å². The number of ether oxygens (including phenoxy) is 1. The van der Waals surface area contributed by atoms with Gasteiger partial charge in [-0.3, -0.25) is 4.79 Å². The molecule has 112 valence electrons. The molecule has 4 fully saturated rings. The van der Waals surface area contributed by atoms with Crippen molar-refractivity contribution in [1.82, 2.24) is 0 Å². The molecule has 4 aliphatic carbocycles. The number of halogens is 2. The van der Waals surface area contributed by atoms with Crippen LogP contribution in [0.25, 0.3) is 0 Å². The molecule has 0 amide bonds. The summed E-state index contributed by atoms with van der Waals surface area (Å²) in [7, 11) is 0. The SMILES string of the molecule is O=C(Oc1ccc(Cl)cc1)C12C[C@@H]3C[C@@H](CC(Cl)(C3)C1)C2. The van der Waals surface area contributed by atoms with Crippen LogP contribution in [0.4, 0.5) is 0 Å². The van der Waals surface area contributed by atoms with Gasteiger partial charge in [0.15, 0.2) is 0 Å². The van der Waals surface area contributed by atoms with Crippen LogP contribution in [0.3, 0.4) is 0 Å². The van der Waals surface area contributed by atoms with Crippen molar-refractivity contribution in [2.45, 2.75) is 43.4 Å². The highest BCUT2D eigenvalue weighted by Gasteiger charge is 2.60. The van der Waals surface area contributed by atoms with Crippen molar-refractivity contribution in [2.24, 2.45) is 17.3 Å². The van der Waals surface area contributed by atoms with Crippen LogP contribution in [0.2, 0.25) is 5.02 Å². The number of hydrogen-bond acceptors (Lipinski definition) is 2. The fraction of sp³-hybridized carbons (Fsp3) is 0.588. The van der Waals surface area contributed by atoms with Crippen molar-refractivity contribution in [3.63, 3.8) is 0 Å². The van der Waals surface area contributed by atoms with Gasteiger partial charge in [-0.1, -0.05) is 11.6 Å². The summed E-state index contributed by atoms with van der Waals surface area (Å²) < 4.78 is 5.64. The number of esters is 1. The van der Waals surface area contributed by atoms with Crippen LogP contribution < -0.4 is 4.74 Å². The predicted octanol–water partition coefficient (Wildman–Crippen LogP) is 4.82. The second-order valence-electron chi connectivity index (χ2n) is 7.24. The first-order chi connectivity index (χ1) is 9.96. The van der Waals surface area contributed by atoms with Gasteiger partial charge >= 0.3 is 5.97 Å². The number of carbonyl (C=O) groups is 1. The Morgan fingerprint density at radius 3 is 2.29 bits per heavy atom. The molecule has 2 unspecified atom stereocenters. The monoisotopic (exact) mass is 324 g/mol. The van der Waals surface area contributed by atoms with Crippen LogP contribution >= 0.6 is 23.2 Å². The van der Waals surface area contributed by atoms with E-state index in [-0.39, 0.29) is 16.3 Å². The summed E-state index contributed by atoms with van der Waals surface area (Å²) in [5, 5.41) is 0.643. The first-order valence-electron chi connectivity index (χ1n) is 7.63. The molecule has 21 heavy (non-hydrogen) atoms.